The van der Waals surface area contributed by atoms with Gasteiger partial charge in [-0.05, 0) is 37.5 Å². The molecule has 0 atom stereocenters. The SMILES string of the molecule is C=CCNS(=O)(=O)c1c(C)cc(C)c(N)c1C. The smallest absolute Gasteiger partial charge is 0.241 e. The van der Waals surface area contributed by atoms with Crippen LogP contribution in [-0.2, 0) is 10.0 Å². The van der Waals surface area contributed by atoms with Gasteiger partial charge >= 0.3 is 0 Å². The van der Waals surface area contributed by atoms with E-state index in [1.165, 1.54) is 6.08 Å². The van der Waals surface area contributed by atoms with Crippen molar-refractivity contribution in [3.05, 3.63) is 35.4 Å². The predicted octanol–water partition coefficient (Wildman–Crippen LogP) is 1.66. The topological polar surface area (TPSA) is 72.2 Å². The molecule has 0 spiro atoms. The van der Waals surface area contributed by atoms with E-state index in [0.29, 0.717) is 16.8 Å². The zero-order valence-corrected chi connectivity index (χ0v) is 11.2. The first kappa shape index (κ1) is 13.7. The maximum absolute atomic E-state index is 12.1. The molecule has 0 heterocycles. The number of nitrogens with one attached hydrogen (secondary N) is 1. The lowest BCUT2D eigenvalue weighted by atomic mass is 10.1. The van der Waals surface area contributed by atoms with Gasteiger partial charge in [-0.1, -0.05) is 12.1 Å². The highest BCUT2D eigenvalue weighted by molar-refractivity contribution is 7.89. The van der Waals surface area contributed by atoms with Gasteiger partial charge in [0.2, 0.25) is 10.0 Å². The largest absolute Gasteiger partial charge is 0.398 e. The molecular formula is C12H18N2O2S. The van der Waals surface area contributed by atoms with Crippen LogP contribution in [0.3, 0.4) is 0 Å². The molecule has 94 valence electrons. The first-order chi connectivity index (χ1) is 7.81. The summed E-state index contributed by atoms with van der Waals surface area (Å²) in [6.45, 7) is 9.04. The van der Waals surface area contributed by atoms with Crippen molar-refractivity contribution in [1.82, 2.24) is 4.72 Å². The van der Waals surface area contributed by atoms with Crippen molar-refractivity contribution in [3.8, 4) is 0 Å². The molecule has 0 unspecified atom stereocenters. The van der Waals surface area contributed by atoms with E-state index in [0.717, 1.165) is 5.56 Å². The zero-order valence-electron chi connectivity index (χ0n) is 10.4. The second-order valence-electron chi connectivity index (χ2n) is 4.02. The van der Waals surface area contributed by atoms with E-state index in [1.807, 2.05) is 6.92 Å². The molecule has 0 aliphatic carbocycles. The van der Waals surface area contributed by atoms with E-state index >= 15 is 0 Å². The third-order valence-electron chi connectivity index (χ3n) is 2.65. The van der Waals surface area contributed by atoms with E-state index in [2.05, 4.69) is 11.3 Å². The fraction of sp³-hybridized carbons (Fsp3) is 0.333. The van der Waals surface area contributed by atoms with Gasteiger partial charge in [0, 0.05) is 12.2 Å². The van der Waals surface area contributed by atoms with Crippen LogP contribution in [0, 0.1) is 20.8 Å². The zero-order chi connectivity index (χ0) is 13.2. The summed E-state index contributed by atoms with van der Waals surface area (Å²) in [5.74, 6) is 0. The van der Waals surface area contributed by atoms with Crippen LogP contribution in [0.5, 0.6) is 0 Å². The Hall–Kier alpha value is -1.33. The molecule has 3 N–H and O–H groups in total. The van der Waals surface area contributed by atoms with Gasteiger partial charge in [-0.3, -0.25) is 0 Å². The maximum Gasteiger partial charge on any atom is 0.241 e. The Balaban J connectivity index is 3.41. The molecule has 5 heteroatoms. The van der Waals surface area contributed by atoms with Crippen molar-refractivity contribution < 1.29 is 8.42 Å². The molecule has 0 saturated carbocycles. The van der Waals surface area contributed by atoms with Gasteiger partial charge in [-0.2, -0.15) is 0 Å². The molecule has 0 radical (unpaired) electrons. The van der Waals surface area contributed by atoms with Gasteiger partial charge in [0.05, 0.1) is 4.90 Å². The Kier molecular flexibility index (Phi) is 3.95. The number of hydrogen-bond acceptors (Lipinski definition) is 3. The lowest BCUT2D eigenvalue weighted by Crippen LogP contribution is -2.25. The van der Waals surface area contributed by atoms with Crippen molar-refractivity contribution in [2.75, 3.05) is 12.3 Å². The monoisotopic (exact) mass is 254 g/mol. The van der Waals surface area contributed by atoms with Crippen molar-refractivity contribution in [2.45, 2.75) is 25.7 Å². The lowest BCUT2D eigenvalue weighted by Gasteiger charge is -2.15. The molecule has 1 rings (SSSR count). The molecule has 17 heavy (non-hydrogen) atoms. The first-order valence-electron chi connectivity index (χ1n) is 5.28. The van der Waals surface area contributed by atoms with Crippen LogP contribution in [0.1, 0.15) is 16.7 Å². The molecule has 4 nitrogen and oxygen atoms in total. The summed E-state index contributed by atoms with van der Waals surface area (Å²) in [7, 11) is -3.52. The summed E-state index contributed by atoms with van der Waals surface area (Å²) in [6.07, 6.45) is 1.50. The molecule has 0 aromatic heterocycles. The van der Waals surface area contributed by atoms with Crippen LogP contribution in [0.15, 0.2) is 23.6 Å². The summed E-state index contributed by atoms with van der Waals surface area (Å²) in [6, 6.07) is 1.78. The molecule has 1 aromatic rings. The van der Waals surface area contributed by atoms with Gasteiger partial charge in [-0.25, -0.2) is 13.1 Å². The molecule has 0 aliphatic heterocycles. The molecule has 0 saturated heterocycles. The van der Waals surface area contributed by atoms with Gasteiger partial charge in [0.1, 0.15) is 0 Å². The normalized spacial score (nSPS) is 11.5. The maximum atomic E-state index is 12.1. The molecule has 0 bridgehead atoms. The first-order valence-corrected chi connectivity index (χ1v) is 6.76. The van der Waals surface area contributed by atoms with Crippen LogP contribution < -0.4 is 10.5 Å². The Bertz CT molecular complexity index is 548. The number of hydrogen-bond donors (Lipinski definition) is 2. The van der Waals surface area contributed by atoms with E-state index in [4.69, 9.17) is 5.73 Å². The van der Waals surface area contributed by atoms with Crippen molar-refractivity contribution in [3.63, 3.8) is 0 Å². The molecule has 0 amide bonds. The fourth-order valence-corrected chi connectivity index (χ4v) is 3.31. The van der Waals surface area contributed by atoms with Gasteiger partial charge < -0.3 is 5.73 Å². The van der Waals surface area contributed by atoms with E-state index < -0.39 is 10.0 Å². The second kappa shape index (κ2) is 4.89. The van der Waals surface area contributed by atoms with E-state index in [9.17, 15) is 8.42 Å². The van der Waals surface area contributed by atoms with Gasteiger partial charge in [-0.15, -0.1) is 6.58 Å². The Morgan fingerprint density at radius 1 is 1.35 bits per heavy atom. The molecule has 0 fully saturated rings. The summed E-state index contributed by atoms with van der Waals surface area (Å²) in [4.78, 5) is 0.266. The van der Waals surface area contributed by atoms with Crippen molar-refractivity contribution in [1.29, 1.82) is 0 Å². The number of nitrogens with two attached hydrogens (primary N) is 1. The minimum atomic E-state index is -3.52. The number of sulfonamides is 1. The van der Waals surface area contributed by atoms with Crippen LogP contribution in [0.25, 0.3) is 0 Å². The lowest BCUT2D eigenvalue weighted by molar-refractivity contribution is 0.584. The number of aryl methyl sites for hydroxylation is 2. The quantitative estimate of drug-likeness (QED) is 0.634. The summed E-state index contributed by atoms with van der Waals surface area (Å²) in [5, 5.41) is 0. The highest BCUT2D eigenvalue weighted by Crippen LogP contribution is 2.27. The van der Waals surface area contributed by atoms with Gasteiger partial charge in [0.25, 0.3) is 0 Å². The van der Waals surface area contributed by atoms with Gasteiger partial charge in [0.15, 0.2) is 0 Å². The number of benzene rings is 1. The Morgan fingerprint density at radius 2 is 1.94 bits per heavy atom. The van der Waals surface area contributed by atoms with Crippen molar-refractivity contribution in [2.24, 2.45) is 0 Å². The molecule has 0 aliphatic rings. The van der Waals surface area contributed by atoms with E-state index in [1.54, 1.807) is 19.9 Å². The summed E-state index contributed by atoms with van der Waals surface area (Å²) >= 11 is 0. The van der Waals surface area contributed by atoms with Crippen LogP contribution in [-0.4, -0.2) is 15.0 Å². The predicted molar refractivity (Wildman–Crippen MR) is 70.5 cm³/mol. The third-order valence-corrected chi connectivity index (χ3v) is 4.36. The Morgan fingerprint density at radius 3 is 2.47 bits per heavy atom. The number of nitrogen functional groups attached to an aromatic ring is 1. The molecular weight excluding hydrogens is 236 g/mol. The Labute approximate surface area is 103 Å². The fourth-order valence-electron chi connectivity index (χ4n) is 1.84. The highest BCUT2D eigenvalue weighted by atomic mass is 32.2. The van der Waals surface area contributed by atoms with Crippen molar-refractivity contribution >= 4 is 15.7 Å². The van der Waals surface area contributed by atoms with Crippen LogP contribution in [0.2, 0.25) is 0 Å². The number of rotatable bonds is 4. The average Bonchev–Trinajstić information content (AvgIpc) is 2.23. The summed E-state index contributed by atoms with van der Waals surface area (Å²) < 4.78 is 26.6. The standard InChI is InChI=1S/C12H18N2O2S/c1-5-6-14-17(15,16)12-9(3)7-8(2)11(13)10(12)4/h5,7,14H,1,6,13H2,2-4H3. The summed E-state index contributed by atoms with van der Waals surface area (Å²) in [5.41, 5.74) is 8.57. The second-order valence-corrected chi connectivity index (χ2v) is 5.72. The minimum Gasteiger partial charge on any atom is -0.398 e. The van der Waals surface area contributed by atoms with E-state index in [-0.39, 0.29) is 11.4 Å². The molecule has 1 aromatic carbocycles. The minimum absolute atomic E-state index is 0.203. The highest BCUT2D eigenvalue weighted by Gasteiger charge is 2.20. The average molecular weight is 254 g/mol. The number of anilines is 1. The van der Waals surface area contributed by atoms with Crippen LogP contribution >= 0.6 is 0 Å². The third kappa shape index (κ3) is 2.68. The van der Waals surface area contributed by atoms with Crippen LogP contribution in [0.4, 0.5) is 5.69 Å².